The highest BCUT2D eigenvalue weighted by Crippen LogP contribution is 2.49. The molecule has 0 unspecified atom stereocenters. The van der Waals surface area contributed by atoms with E-state index in [1.807, 2.05) is 70.9 Å². The molecular formula is C60H70N5O3S6+. The third-order valence-corrected chi connectivity index (χ3v) is 20.4. The number of amides is 1. The molecule has 5 heterocycles. The van der Waals surface area contributed by atoms with Gasteiger partial charge < -0.3 is 15.3 Å². The molecular weight excluding hydrogens is 1030 g/mol. The number of benzene rings is 3. The summed E-state index contributed by atoms with van der Waals surface area (Å²) in [5, 5.41) is 16.5. The maximum absolute atomic E-state index is 13.7. The molecule has 2 N–H and O–H groups in total. The van der Waals surface area contributed by atoms with Crippen LogP contribution in [0.15, 0.2) is 105 Å². The topological polar surface area (TPSA) is 99.3 Å². The van der Waals surface area contributed by atoms with Gasteiger partial charge in [0.05, 0.1) is 33.6 Å². The molecule has 388 valence electrons. The van der Waals surface area contributed by atoms with Crippen molar-refractivity contribution in [3.8, 4) is 20.9 Å². The minimum atomic E-state index is -0.141. The first-order valence-electron chi connectivity index (χ1n) is 27.0. The van der Waals surface area contributed by atoms with E-state index in [2.05, 4.69) is 91.9 Å². The molecule has 1 aliphatic heterocycles. The Morgan fingerprint density at radius 2 is 1.54 bits per heavy atom. The Labute approximate surface area is 462 Å². The minimum absolute atomic E-state index is 0.0461. The van der Waals surface area contributed by atoms with Crippen LogP contribution >= 0.6 is 69.3 Å². The fourth-order valence-corrected chi connectivity index (χ4v) is 16.2. The predicted molar refractivity (Wildman–Crippen MR) is 319 cm³/mol. The van der Waals surface area contributed by atoms with Crippen molar-refractivity contribution in [2.75, 3.05) is 23.7 Å². The number of carbonyl (C=O) groups is 2. The number of hydrogen-bond acceptors (Lipinski definition) is 12. The summed E-state index contributed by atoms with van der Waals surface area (Å²) in [6, 6.07) is 23.8. The number of hydrogen-bond donors (Lipinski definition) is 2. The van der Waals surface area contributed by atoms with E-state index < -0.39 is 0 Å². The summed E-state index contributed by atoms with van der Waals surface area (Å²) in [6.07, 6.45) is 21.0. The Morgan fingerprint density at radius 1 is 0.797 bits per heavy atom. The Balaban J connectivity index is 0.860. The number of para-hydroxylation sites is 2. The Morgan fingerprint density at radius 3 is 2.32 bits per heavy atom. The number of nitrogens with one attached hydrogen (secondary N) is 1. The molecule has 3 aromatic carbocycles. The molecule has 1 amide bonds. The maximum atomic E-state index is 13.7. The van der Waals surface area contributed by atoms with Gasteiger partial charge in [-0.15, -0.1) is 34.4 Å². The molecule has 8 nitrogen and oxygen atoms in total. The van der Waals surface area contributed by atoms with Crippen molar-refractivity contribution >= 4 is 114 Å². The zero-order chi connectivity index (χ0) is 51.6. The lowest BCUT2D eigenvalue weighted by molar-refractivity contribution is -0.669. The van der Waals surface area contributed by atoms with Gasteiger partial charge in [0.25, 0.3) is 5.01 Å². The Kier molecular flexibility index (Phi) is 19.0. The van der Waals surface area contributed by atoms with Gasteiger partial charge in [0.1, 0.15) is 21.5 Å². The second-order valence-corrected chi connectivity index (χ2v) is 25.6. The number of thioether (sulfide) groups is 2. The van der Waals surface area contributed by atoms with E-state index in [1.54, 1.807) is 23.1 Å². The van der Waals surface area contributed by atoms with Gasteiger partial charge in [0.15, 0.2) is 6.54 Å². The number of aliphatic hydroxyl groups excluding tert-OH is 1. The lowest BCUT2D eigenvalue weighted by Gasteiger charge is -2.23. The lowest BCUT2D eigenvalue weighted by atomic mass is 9.88. The van der Waals surface area contributed by atoms with Crippen LogP contribution in [0.1, 0.15) is 137 Å². The molecule has 2 aliphatic rings. The standard InChI is InChI=1S/C60H69N5O3S6/c1-6-10-13-15-23-40-34-50(70-39(40)5)42-36-51(56(58-57(42)62-74-63-58)52-35-41(47(9-4)71-52)24-16-14-11-7-2)69-33-30-61-53(66)29-21-22-32-65-46-26-18-20-28-49(46)73-55(65)38-44-59(67)43(60(44)68)37-54-64(31-12-8-3)45-25-17-19-27-48(45)72-54/h17-20,25-28,34-38H,6-16,21-24,29-33H2,1-5H3,(H-,61,66,67,68)/p+1. The second-order valence-electron chi connectivity index (χ2n) is 19.4. The van der Waals surface area contributed by atoms with Crippen LogP contribution in [-0.2, 0) is 35.4 Å². The summed E-state index contributed by atoms with van der Waals surface area (Å²) < 4.78 is 13.3. The summed E-state index contributed by atoms with van der Waals surface area (Å²) in [6.45, 7) is 13.4. The van der Waals surface area contributed by atoms with Crippen LogP contribution in [0.4, 0.5) is 5.69 Å². The number of unbranched alkanes of at least 4 members (excludes halogenated alkanes) is 8. The molecule has 7 aromatic rings. The maximum Gasteiger partial charge on any atom is 0.263 e. The fraction of sp³-hybridized carbons (Fsp3) is 0.417. The van der Waals surface area contributed by atoms with Crippen molar-refractivity contribution in [3.63, 3.8) is 0 Å². The zero-order valence-electron chi connectivity index (χ0n) is 43.6. The van der Waals surface area contributed by atoms with Crippen LogP contribution in [0, 0.1) is 6.92 Å². The number of aliphatic hydroxyl groups is 1. The number of rotatable bonds is 27. The summed E-state index contributed by atoms with van der Waals surface area (Å²) in [5.41, 5.74) is 10.2. The van der Waals surface area contributed by atoms with E-state index in [9.17, 15) is 14.7 Å². The van der Waals surface area contributed by atoms with Crippen LogP contribution in [0.3, 0.4) is 0 Å². The van der Waals surface area contributed by atoms with Crippen LogP contribution in [-0.4, -0.2) is 44.4 Å². The van der Waals surface area contributed by atoms with E-state index in [4.69, 9.17) is 8.75 Å². The minimum Gasteiger partial charge on any atom is -0.506 e. The highest BCUT2D eigenvalue weighted by atomic mass is 32.2. The molecule has 14 heteroatoms. The first kappa shape index (κ1) is 54.2. The van der Waals surface area contributed by atoms with Gasteiger partial charge >= 0.3 is 0 Å². The zero-order valence-corrected chi connectivity index (χ0v) is 48.5. The van der Waals surface area contributed by atoms with E-state index in [1.165, 1.54) is 104 Å². The molecule has 0 saturated carbocycles. The van der Waals surface area contributed by atoms with E-state index in [-0.39, 0.29) is 17.4 Å². The number of Topliss-reactive ketones (excluding diaryl/α,β-unsaturated/α-hetero) is 1. The normalized spacial score (nSPS) is 14.7. The van der Waals surface area contributed by atoms with Gasteiger partial charge in [0, 0.05) is 84.3 Å². The van der Waals surface area contributed by atoms with Crippen molar-refractivity contribution in [1.82, 2.24) is 14.1 Å². The fourth-order valence-electron chi connectivity index (χ4n) is 9.99. The lowest BCUT2D eigenvalue weighted by Crippen LogP contribution is -2.36. The number of anilines is 1. The molecule has 74 heavy (non-hydrogen) atoms. The molecule has 1 aliphatic carbocycles. The number of nitrogens with zero attached hydrogens (tertiary/aromatic N) is 4. The van der Waals surface area contributed by atoms with Crippen molar-refractivity contribution < 1.29 is 19.3 Å². The largest absolute Gasteiger partial charge is 0.506 e. The van der Waals surface area contributed by atoms with E-state index in [0.29, 0.717) is 30.7 Å². The summed E-state index contributed by atoms with van der Waals surface area (Å²) >= 11 is 10.2. The van der Waals surface area contributed by atoms with E-state index >= 15 is 0 Å². The molecule has 0 spiro atoms. The van der Waals surface area contributed by atoms with Crippen molar-refractivity contribution in [1.29, 1.82) is 0 Å². The number of aromatic nitrogens is 3. The number of thiophene rings is 2. The van der Waals surface area contributed by atoms with Crippen LogP contribution in [0.25, 0.3) is 48.2 Å². The van der Waals surface area contributed by atoms with Crippen LogP contribution in [0.2, 0.25) is 0 Å². The number of allylic oxidation sites excluding steroid dienone is 3. The second kappa shape index (κ2) is 26.0. The van der Waals surface area contributed by atoms with Gasteiger partial charge in [-0.25, -0.2) is 0 Å². The van der Waals surface area contributed by atoms with Gasteiger partial charge in [-0.2, -0.15) is 13.3 Å². The highest BCUT2D eigenvalue weighted by Gasteiger charge is 2.36. The smallest absolute Gasteiger partial charge is 0.263 e. The first-order chi connectivity index (χ1) is 36.2. The summed E-state index contributed by atoms with van der Waals surface area (Å²) in [4.78, 5) is 37.2. The first-order valence-corrected chi connectivity index (χ1v) is 32.0. The monoisotopic (exact) mass is 1100 g/mol. The quantitative estimate of drug-likeness (QED) is 0.0227. The Hall–Kier alpha value is -4.57. The van der Waals surface area contributed by atoms with Crippen LogP contribution in [0.5, 0.6) is 0 Å². The number of fused-ring (bicyclic) bond motifs is 3. The molecule has 9 rings (SSSR count). The molecule has 0 bridgehead atoms. The molecule has 0 fully saturated rings. The van der Waals surface area contributed by atoms with Crippen LogP contribution < -0.4 is 14.8 Å². The third-order valence-electron chi connectivity index (χ3n) is 14.1. The number of ketones is 1. The van der Waals surface area contributed by atoms with Crippen molar-refractivity contribution in [2.24, 2.45) is 0 Å². The number of carbonyl (C=O) groups excluding carboxylic acids is 2. The van der Waals surface area contributed by atoms with Crippen molar-refractivity contribution in [2.45, 2.75) is 154 Å². The van der Waals surface area contributed by atoms with Gasteiger partial charge in [-0.3, -0.25) is 9.59 Å². The van der Waals surface area contributed by atoms with Gasteiger partial charge in [0.2, 0.25) is 17.2 Å². The average Bonchev–Trinajstić information content (AvgIpc) is 4.27. The molecule has 0 atom stereocenters. The number of thiazole rings is 1. The summed E-state index contributed by atoms with van der Waals surface area (Å²) in [5.74, 6) is 0.698. The third kappa shape index (κ3) is 12.3. The highest BCUT2D eigenvalue weighted by molar-refractivity contribution is 8.03. The van der Waals surface area contributed by atoms with Gasteiger partial charge in [-0.1, -0.05) is 120 Å². The molecule has 0 radical (unpaired) electrons. The number of aryl methyl sites for hydroxylation is 5. The van der Waals surface area contributed by atoms with Gasteiger partial charge in [-0.05, 0) is 105 Å². The SMILES string of the molecule is CCCCCCc1cc(-c2cc(SCCNC(=O)CCCC[n+]3c(/C=C4\C(=O)C(/C=C5\Sc6ccccc6N5CCCC)=C4O)sc4ccccc43)c(-c3cc(CCCCCC)c(CC)s3)c3nsnc23)sc1C. The molecule has 4 aromatic heterocycles. The Bertz CT molecular complexity index is 3210. The average molecular weight is 1100 g/mol. The predicted octanol–water partition coefficient (Wildman–Crippen LogP) is 16.9. The molecule has 0 saturated heterocycles. The summed E-state index contributed by atoms with van der Waals surface area (Å²) in [7, 11) is 0. The van der Waals surface area contributed by atoms with Crippen molar-refractivity contribution in [3.05, 3.63) is 121 Å². The van der Waals surface area contributed by atoms with E-state index in [0.717, 1.165) is 105 Å².